The maximum Gasteiger partial charge on any atom is 0.224 e. The SMILES string of the molecule is CCCNc1ncc(F)c(NCC2CCSC2)n1. The third kappa shape index (κ3) is 3.73. The molecule has 1 aliphatic heterocycles. The van der Waals surface area contributed by atoms with Crippen LogP contribution < -0.4 is 10.6 Å². The fraction of sp³-hybridized carbons (Fsp3) is 0.667. The van der Waals surface area contributed by atoms with E-state index in [9.17, 15) is 4.39 Å². The van der Waals surface area contributed by atoms with Crippen LogP contribution in [0.2, 0.25) is 0 Å². The van der Waals surface area contributed by atoms with Gasteiger partial charge in [-0.25, -0.2) is 9.37 Å². The summed E-state index contributed by atoms with van der Waals surface area (Å²) in [5.41, 5.74) is 0. The number of anilines is 2. The molecule has 2 heterocycles. The predicted octanol–water partition coefficient (Wildman–Crippen LogP) is 2.60. The summed E-state index contributed by atoms with van der Waals surface area (Å²) in [4.78, 5) is 8.07. The van der Waals surface area contributed by atoms with Gasteiger partial charge in [0.25, 0.3) is 0 Å². The van der Waals surface area contributed by atoms with Crippen LogP contribution in [0.1, 0.15) is 19.8 Å². The zero-order valence-corrected chi connectivity index (χ0v) is 11.4. The van der Waals surface area contributed by atoms with Crippen LogP contribution in [0, 0.1) is 11.7 Å². The molecule has 1 fully saturated rings. The van der Waals surface area contributed by atoms with Crippen molar-refractivity contribution in [1.82, 2.24) is 9.97 Å². The van der Waals surface area contributed by atoms with Gasteiger partial charge in [0.15, 0.2) is 11.6 Å². The second-order valence-corrected chi connectivity index (χ2v) is 5.58. The first-order valence-corrected chi connectivity index (χ1v) is 7.53. The molecular formula is C12H19FN4S. The maximum absolute atomic E-state index is 13.5. The molecule has 0 aliphatic carbocycles. The molecule has 100 valence electrons. The highest BCUT2D eigenvalue weighted by atomic mass is 32.2. The van der Waals surface area contributed by atoms with E-state index in [2.05, 4.69) is 27.5 Å². The Morgan fingerprint density at radius 2 is 2.39 bits per heavy atom. The third-order valence-electron chi connectivity index (χ3n) is 2.86. The average molecular weight is 270 g/mol. The molecule has 0 aromatic carbocycles. The first kappa shape index (κ1) is 13.4. The summed E-state index contributed by atoms with van der Waals surface area (Å²) in [6, 6.07) is 0. The summed E-state index contributed by atoms with van der Waals surface area (Å²) in [7, 11) is 0. The molecule has 1 aromatic heterocycles. The van der Waals surface area contributed by atoms with Gasteiger partial charge in [-0.15, -0.1) is 0 Å². The molecule has 2 N–H and O–H groups in total. The van der Waals surface area contributed by atoms with Gasteiger partial charge in [-0.3, -0.25) is 0 Å². The number of nitrogens with one attached hydrogen (secondary N) is 2. The molecule has 18 heavy (non-hydrogen) atoms. The standard InChI is InChI=1S/C12H19FN4S/c1-2-4-14-12-16-7-10(13)11(17-12)15-6-9-3-5-18-8-9/h7,9H,2-6,8H2,1H3,(H2,14,15,16,17). The molecule has 0 saturated carbocycles. The van der Waals surface area contributed by atoms with E-state index in [0.29, 0.717) is 17.7 Å². The normalized spacial score (nSPS) is 18.9. The third-order valence-corrected chi connectivity index (χ3v) is 4.09. The van der Waals surface area contributed by atoms with Crippen LogP contribution in [-0.2, 0) is 0 Å². The van der Waals surface area contributed by atoms with Crippen LogP contribution in [-0.4, -0.2) is 34.6 Å². The summed E-state index contributed by atoms with van der Waals surface area (Å²) in [6.07, 6.45) is 3.41. The van der Waals surface area contributed by atoms with Gasteiger partial charge in [0.05, 0.1) is 6.20 Å². The topological polar surface area (TPSA) is 49.8 Å². The van der Waals surface area contributed by atoms with E-state index in [4.69, 9.17) is 0 Å². The molecule has 6 heteroatoms. The molecule has 0 radical (unpaired) electrons. The lowest BCUT2D eigenvalue weighted by Crippen LogP contribution is -2.16. The van der Waals surface area contributed by atoms with E-state index < -0.39 is 0 Å². The zero-order chi connectivity index (χ0) is 12.8. The molecular weight excluding hydrogens is 251 g/mol. The van der Waals surface area contributed by atoms with Gasteiger partial charge >= 0.3 is 0 Å². The van der Waals surface area contributed by atoms with Crippen LogP contribution in [0.15, 0.2) is 6.20 Å². The molecule has 1 aromatic rings. The Morgan fingerprint density at radius 1 is 1.50 bits per heavy atom. The van der Waals surface area contributed by atoms with Gasteiger partial charge in [0, 0.05) is 13.1 Å². The largest absolute Gasteiger partial charge is 0.367 e. The van der Waals surface area contributed by atoms with Gasteiger partial charge in [0.1, 0.15) is 0 Å². The summed E-state index contributed by atoms with van der Waals surface area (Å²) in [5, 5.41) is 6.15. The number of halogens is 1. The highest BCUT2D eigenvalue weighted by molar-refractivity contribution is 7.99. The van der Waals surface area contributed by atoms with Crippen LogP contribution in [0.5, 0.6) is 0 Å². The fourth-order valence-corrected chi connectivity index (χ4v) is 3.08. The first-order valence-electron chi connectivity index (χ1n) is 6.37. The highest BCUT2D eigenvalue weighted by Gasteiger charge is 2.16. The van der Waals surface area contributed by atoms with E-state index in [1.165, 1.54) is 18.4 Å². The van der Waals surface area contributed by atoms with Crippen molar-refractivity contribution in [2.75, 3.05) is 35.2 Å². The molecule has 0 bridgehead atoms. The Labute approximate surface area is 111 Å². The molecule has 4 nitrogen and oxygen atoms in total. The van der Waals surface area contributed by atoms with Crippen molar-refractivity contribution in [3.8, 4) is 0 Å². The number of rotatable bonds is 6. The minimum Gasteiger partial charge on any atom is -0.367 e. The van der Waals surface area contributed by atoms with Crippen molar-refractivity contribution in [2.24, 2.45) is 5.92 Å². The van der Waals surface area contributed by atoms with Crippen LogP contribution in [0.3, 0.4) is 0 Å². The zero-order valence-electron chi connectivity index (χ0n) is 10.6. The van der Waals surface area contributed by atoms with Crippen molar-refractivity contribution < 1.29 is 4.39 Å². The van der Waals surface area contributed by atoms with Crippen molar-refractivity contribution in [3.05, 3.63) is 12.0 Å². The molecule has 1 unspecified atom stereocenters. The van der Waals surface area contributed by atoms with Crippen LogP contribution in [0.4, 0.5) is 16.2 Å². The molecule has 2 rings (SSSR count). The average Bonchev–Trinajstić information content (AvgIpc) is 2.89. The highest BCUT2D eigenvalue weighted by Crippen LogP contribution is 2.24. The molecule has 0 amide bonds. The minimum absolute atomic E-state index is 0.306. The van der Waals surface area contributed by atoms with E-state index >= 15 is 0 Å². The molecule has 1 aliphatic rings. The number of hydrogen-bond acceptors (Lipinski definition) is 5. The number of nitrogens with zero attached hydrogens (tertiary/aromatic N) is 2. The van der Waals surface area contributed by atoms with Gasteiger partial charge < -0.3 is 10.6 Å². The summed E-state index contributed by atoms with van der Waals surface area (Å²) in [6.45, 7) is 3.64. The quantitative estimate of drug-likeness (QED) is 0.832. The lowest BCUT2D eigenvalue weighted by molar-refractivity contribution is 0.601. The van der Waals surface area contributed by atoms with Crippen molar-refractivity contribution >= 4 is 23.5 Å². The Bertz CT molecular complexity index is 382. The van der Waals surface area contributed by atoms with Crippen molar-refractivity contribution in [1.29, 1.82) is 0 Å². The van der Waals surface area contributed by atoms with Crippen molar-refractivity contribution in [3.63, 3.8) is 0 Å². The first-order chi connectivity index (χ1) is 8.79. The summed E-state index contributed by atoms with van der Waals surface area (Å²) in [5.74, 6) is 3.39. The van der Waals surface area contributed by atoms with Crippen molar-refractivity contribution in [2.45, 2.75) is 19.8 Å². The second kappa shape index (κ2) is 6.78. The van der Waals surface area contributed by atoms with E-state index in [-0.39, 0.29) is 5.82 Å². The Kier molecular flexibility index (Phi) is 5.04. The van der Waals surface area contributed by atoms with Crippen LogP contribution >= 0.6 is 11.8 Å². The van der Waals surface area contributed by atoms with Gasteiger partial charge in [-0.05, 0) is 30.3 Å². The number of hydrogen-bond donors (Lipinski definition) is 2. The van der Waals surface area contributed by atoms with E-state index in [1.807, 2.05) is 11.8 Å². The smallest absolute Gasteiger partial charge is 0.224 e. The fourth-order valence-electron chi connectivity index (χ4n) is 1.80. The number of aromatic nitrogens is 2. The van der Waals surface area contributed by atoms with Crippen LogP contribution in [0.25, 0.3) is 0 Å². The Hall–Kier alpha value is -1.04. The van der Waals surface area contributed by atoms with Gasteiger partial charge in [-0.1, -0.05) is 6.92 Å². The lowest BCUT2D eigenvalue weighted by atomic mass is 10.1. The minimum atomic E-state index is -0.386. The van der Waals surface area contributed by atoms with Gasteiger partial charge in [-0.2, -0.15) is 16.7 Å². The second-order valence-electron chi connectivity index (χ2n) is 4.43. The number of thioether (sulfide) groups is 1. The molecule has 1 atom stereocenters. The van der Waals surface area contributed by atoms with Gasteiger partial charge in [0.2, 0.25) is 5.95 Å². The Morgan fingerprint density at radius 3 is 3.11 bits per heavy atom. The van der Waals surface area contributed by atoms with E-state index in [0.717, 1.165) is 25.3 Å². The summed E-state index contributed by atoms with van der Waals surface area (Å²) < 4.78 is 13.5. The Balaban J connectivity index is 1.92. The summed E-state index contributed by atoms with van der Waals surface area (Å²) >= 11 is 1.96. The maximum atomic E-state index is 13.5. The molecule has 1 saturated heterocycles. The molecule has 0 spiro atoms. The lowest BCUT2D eigenvalue weighted by Gasteiger charge is -2.12. The predicted molar refractivity (Wildman–Crippen MR) is 74.7 cm³/mol. The van der Waals surface area contributed by atoms with E-state index in [1.54, 1.807) is 0 Å². The monoisotopic (exact) mass is 270 g/mol.